The minimum atomic E-state index is -0.0825. The molecule has 0 saturated heterocycles. The first-order valence-electron chi connectivity index (χ1n) is 9.66. The number of carbonyl (C=O) groups is 2. The molecule has 1 aliphatic rings. The van der Waals surface area contributed by atoms with Crippen molar-refractivity contribution < 1.29 is 9.59 Å². The average Bonchev–Trinajstić information content (AvgIpc) is 2.99. The molecule has 2 N–H and O–H groups in total. The predicted molar refractivity (Wildman–Crippen MR) is 97.9 cm³/mol. The summed E-state index contributed by atoms with van der Waals surface area (Å²) in [4.78, 5) is 24.3. The van der Waals surface area contributed by atoms with E-state index < -0.39 is 0 Å². The fourth-order valence-electron chi connectivity index (χ4n) is 3.50. The smallest absolute Gasteiger partial charge is 0.221 e. The average molecular weight is 348 g/mol. The minimum Gasteiger partial charge on any atom is -0.353 e. The number of carbonyl (C=O) groups excluding carboxylic acids is 2. The van der Waals surface area contributed by atoms with Crippen molar-refractivity contribution in [3.8, 4) is 0 Å². The van der Waals surface area contributed by atoms with E-state index in [4.69, 9.17) is 0 Å². The Morgan fingerprint density at radius 3 is 2.40 bits per heavy atom. The number of nitrogens with one attached hydrogen (secondary N) is 2. The van der Waals surface area contributed by atoms with Crippen LogP contribution in [0.4, 0.5) is 0 Å². The van der Waals surface area contributed by atoms with E-state index >= 15 is 0 Å². The largest absolute Gasteiger partial charge is 0.353 e. The fourth-order valence-corrected chi connectivity index (χ4v) is 3.50. The van der Waals surface area contributed by atoms with Crippen LogP contribution in [0.5, 0.6) is 0 Å². The van der Waals surface area contributed by atoms with Crippen LogP contribution in [-0.4, -0.2) is 27.6 Å². The van der Waals surface area contributed by atoms with Crippen LogP contribution >= 0.6 is 0 Å². The van der Waals surface area contributed by atoms with Gasteiger partial charge in [0.25, 0.3) is 0 Å². The molecule has 0 radical (unpaired) electrons. The molecule has 1 aliphatic carbocycles. The van der Waals surface area contributed by atoms with Gasteiger partial charge in [0, 0.05) is 32.1 Å². The molecule has 0 aliphatic heterocycles. The summed E-state index contributed by atoms with van der Waals surface area (Å²) in [5, 5.41) is 10.3. The molecule has 1 heterocycles. The Bertz CT molecular complexity index is 547. The molecule has 1 saturated carbocycles. The molecule has 1 aromatic heterocycles. The van der Waals surface area contributed by atoms with E-state index in [9.17, 15) is 9.59 Å². The molecule has 2 rings (SSSR count). The topological polar surface area (TPSA) is 76.0 Å². The molecule has 25 heavy (non-hydrogen) atoms. The van der Waals surface area contributed by atoms with Crippen LogP contribution in [0.15, 0.2) is 12.3 Å². The third kappa shape index (κ3) is 6.52. The Labute approximate surface area is 150 Å². The third-order valence-electron chi connectivity index (χ3n) is 5.01. The van der Waals surface area contributed by atoms with E-state index in [1.807, 2.05) is 20.0 Å². The molecule has 0 bridgehead atoms. The van der Waals surface area contributed by atoms with Crippen LogP contribution in [0.1, 0.15) is 82.9 Å². The van der Waals surface area contributed by atoms with Gasteiger partial charge in [0.1, 0.15) is 0 Å². The maximum absolute atomic E-state index is 12.2. The molecule has 6 heteroatoms. The molecule has 1 fully saturated rings. The van der Waals surface area contributed by atoms with Crippen LogP contribution < -0.4 is 10.6 Å². The summed E-state index contributed by atoms with van der Waals surface area (Å²) in [5.41, 5.74) is 0.981. The Balaban J connectivity index is 1.73. The monoisotopic (exact) mass is 348 g/mol. The van der Waals surface area contributed by atoms with E-state index in [0.29, 0.717) is 0 Å². The standard InChI is InChI=1S/C19H32N4O2/c1-3-16(17-13-14-20-23(17)2)22-19(25)12-11-18(24)21-15-9-7-5-4-6-8-10-15/h13-16H,3-12H2,1-2H3,(H,21,24)(H,22,25)/t16-/m1/s1. The lowest BCUT2D eigenvalue weighted by atomic mass is 9.96. The first kappa shape index (κ1) is 19.5. The van der Waals surface area contributed by atoms with Crippen molar-refractivity contribution in [3.63, 3.8) is 0 Å². The molecule has 1 atom stereocenters. The highest BCUT2D eigenvalue weighted by Crippen LogP contribution is 2.18. The van der Waals surface area contributed by atoms with Crippen molar-refractivity contribution in [1.29, 1.82) is 0 Å². The highest BCUT2D eigenvalue weighted by Gasteiger charge is 2.18. The lowest BCUT2D eigenvalue weighted by molar-refractivity contribution is -0.127. The van der Waals surface area contributed by atoms with E-state index in [0.717, 1.165) is 25.0 Å². The molecule has 140 valence electrons. The molecular weight excluding hydrogens is 316 g/mol. The quantitative estimate of drug-likeness (QED) is 0.795. The number of aryl methyl sites for hydroxylation is 1. The molecule has 1 aromatic rings. The first-order chi connectivity index (χ1) is 12.1. The van der Waals surface area contributed by atoms with Crippen molar-refractivity contribution in [2.24, 2.45) is 7.05 Å². The maximum Gasteiger partial charge on any atom is 0.221 e. The number of rotatable bonds is 7. The second-order valence-corrected chi connectivity index (χ2v) is 7.02. The summed E-state index contributed by atoms with van der Waals surface area (Å²) >= 11 is 0. The molecule has 0 spiro atoms. The lowest BCUT2D eigenvalue weighted by Crippen LogP contribution is -2.36. The van der Waals surface area contributed by atoms with Gasteiger partial charge in [-0.15, -0.1) is 0 Å². The first-order valence-corrected chi connectivity index (χ1v) is 9.66. The van der Waals surface area contributed by atoms with Crippen molar-refractivity contribution >= 4 is 11.8 Å². The van der Waals surface area contributed by atoms with Gasteiger partial charge in [-0.2, -0.15) is 5.10 Å². The van der Waals surface area contributed by atoms with E-state index in [2.05, 4.69) is 15.7 Å². The van der Waals surface area contributed by atoms with Gasteiger partial charge in [0.2, 0.25) is 11.8 Å². The molecular formula is C19H32N4O2. The summed E-state index contributed by atoms with van der Waals surface area (Å²) in [6.07, 6.45) is 11.4. The highest BCUT2D eigenvalue weighted by molar-refractivity contribution is 5.84. The number of nitrogens with zero attached hydrogens (tertiary/aromatic N) is 2. The molecule has 0 aromatic carbocycles. The summed E-state index contributed by atoms with van der Waals surface area (Å²) in [7, 11) is 1.87. The summed E-state index contributed by atoms with van der Waals surface area (Å²) < 4.78 is 1.77. The fraction of sp³-hybridized carbons (Fsp3) is 0.737. The van der Waals surface area contributed by atoms with Crippen molar-refractivity contribution in [1.82, 2.24) is 20.4 Å². The van der Waals surface area contributed by atoms with Crippen LogP contribution in [0.3, 0.4) is 0 Å². The number of hydrogen-bond acceptors (Lipinski definition) is 3. The highest BCUT2D eigenvalue weighted by atomic mass is 16.2. The van der Waals surface area contributed by atoms with Gasteiger partial charge in [-0.1, -0.05) is 39.0 Å². The number of hydrogen-bond donors (Lipinski definition) is 2. The van der Waals surface area contributed by atoms with E-state index in [1.165, 1.54) is 32.1 Å². The molecule has 0 unspecified atom stereocenters. The Kier molecular flexibility index (Phi) is 7.95. The second-order valence-electron chi connectivity index (χ2n) is 7.02. The summed E-state index contributed by atoms with van der Waals surface area (Å²) in [6.45, 7) is 2.03. The number of amides is 2. The van der Waals surface area contributed by atoms with Crippen molar-refractivity contribution in [2.75, 3.05) is 0 Å². The van der Waals surface area contributed by atoms with E-state index in [-0.39, 0.29) is 36.7 Å². The van der Waals surface area contributed by atoms with Crippen LogP contribution in [-0.2, 0) is 16.6 Å². The van der Waals surface area contributed by atoms with Crippen LogP contribution in [0.2, 0.25) is 0 Å². The lowest BCUT2D eigenvalue weighted by Gasteiger charge is -2.21. The summed E-state index contributed by atoms with van der Waals surface area (Å²) in [6, 6.07) is 2.14. The van der Waals surface area contributed by atoms with Gasteiger partial charge in [-0.05, 0) is 25.3 Å². The van der Waals surface area contributed by atoms with Gasteiger partial charge < -0.3 is 10.6 Å². The van der Waals surface area contributed by atoms with Gasteiger partial charge >= 0.3 is 0 Å². The number of aromatic nitrogens is 2. The Morgan fingerprint density at radius 2 is 1.80 bits per heavy atom. The Hall–Kier alpha value is -1.85. The zero-order chi connectivity index (χ0) is 18.1. The van der Waals surface area contributed by atoms with Crippen LogP contribution in [0, 0.1) is 0 Å². The van der Waals surface area contributed by atoms with Crippen LogP contribution in [0.25, 0.3) is 0 Å². The van der Waals surface area contributed by atoms with Gasteiger partial charge in [-0.3, -0.25) is 14.3 Å². The maximum atomic E-state index is 12.2. The molecule has 6 nitrogen and oxygen atoms in total. The Morgan fingerprint density at radius 1 is 1.16 bits per heavy atom. The normalized spacial score (nSPS) is 17.4. The summed E-state index contributed by atoms with van der Waals surface area (Å²) in [5.74, 6) is -0.0878. The third-order valence-corrected chi connectivity index (χ3v) is 5.01. The van der Waals surface area contributed by atoms with Gasteiger partial charge in [0.15, 0.2) is 0 Å². The molecule has 2 amide bonds. The zero-order valence-corrected chi connectivity index (χ0v) is 15.6. The predicted octanol–water partition coefficient (Wildman–Crippen LogP) is 3.00. The van der Waals surface area contributed by atoms with Gasteiger partial charge in [-0.25, -0.2) is 0 Å². The van der Waals surface area contributed by atoms with E-state index in [1.54, 1.807) is 10.9 Å². The van der Waals surface area contributed by atoms with Crippen molar-refractivity contribution in [2.45, 2.75) is 83.2 Å². The minimum absolute atomic E-state index is 0.00527. The SMILES string of the molecule is CC[C@@H](NC(=O)CCC(=O)NC1CCCCCCC1)c1ccnn1C. The van der Waals surface area contributed by atoms with Gasteiger partial charge in [0.05, 0.1) is 11.7 Å². The zero-order valence-electron chi connectivity index (χ0n) is 15.6. The van der Waals surface area contributed by atoms with Crippen molar-refractivity contribution in [3.05, 3.63) is 18.0 Å². The second kappa shape index (κ2) is 10.2.